The van der Waals surface area contributed by atoms with E-state index in [1.165, 1.54) is 18.3 Å². The Morgan fingerprint density at radius 1 is 1.30 bits per heavy atom. The molecule has 0 saturated heterocycles. The minimum absolute atomic E-state index is 0.137. The first-order valence-corrected chi connectivity index (χ1v) is 8.12. The lowest BCUT2D eigenvalue weighted by molar-refractivity contribution is 0.281. The first kappa shape index (κ1) is 15.2. The molecule has 2 N–H and O–H groups in total. The van der Waals surface area contributed by atoms with Crippen molar-refractivity contribution in [2.45, 2.75) is 11.6 Å². The van der Waals surface area contributed by atoms with E-state index >= 15 is 0 Å². The van der Waals surface area contributed by atoms with E-state index in [2.05, 4.69) is 25.6 Å². The predicted octanol–water partition coefficient (Wildman–Crippen LogP) is 2.79. The van der Waals surface area contributed by atoms with Crippen molar-refractivity contribution in [3.05, 3.63) is 51.6 Å². The smallest absolute Gasteiger partial charge is 0.279 e. The standard InChI is InChI=1S/C12H10BrClN2O3S/c13-12-9(14)2-1-3-10(12)16-20(18,19)11-5-4-8(7-17)6-15-11/h1-6,16-17H,7H2. The van der Waals surface area contributed by atoms with Crippen LogP contribution in [0.3, 0.4) is 0 Å². The van der Waals surface area contributed by atoms with Crippen LogP contribution in [0.2, 0.25) is 5.02 Å². The molecule has 0 bridgehead atoms. The lowest BCUT2D eigenvalue weighted by atomic mass is 10.3. The third kappa shape index (κ3) is 3.29. The van der Waals surface area contributed by atoms with Gasteiger partial charge in [0.1, 0.15) is 0 Å². The zero-order valence-corrected chi connectivity index (χ0v) is 13.2. The maximum absolute atomic E-state index is 12.2. The minimum Gasteiger partial charge on any atom is -0.392 e. The highest BCUT2D eigenvalue weighted by molar-refractivity contribution is 9.10. The van der Waals surface area contributed by atoms with Crippen LogP contribution in [0.25, 0.3) is 0 Å². The molecule has 106 valence electrons. The predicted molar refractivity (Wildman–Crippen MR) is 80.1 cm³/mol. The molecule has 20 heavy (non-hydrogen) atoms. The van der Waals surface area contributed by atoms with Gasteiger partial charge in [-0.25, -0.2) is 4.98 Å². The van der Waals surface area contributed by atoms with E-state index in [4.69, 9.17) is 16.7 Å². The first-order valence-electron chi connectivity index (χ1n) is 5.46. The van der Waals surface area contributed by atoms with Crippen LogP contribution in [-0.4, -0.2) is 18.5 Å². The van der Waals surface area contributed by atoms with Gasteiger partial charge in [0, 0.05) is 6.20 Å². The third-order valence-electron chi connectivity index (χ3n) is 2.45. The molecule has 1 aromatic heterocycles. The van der Waals surface area contributed by atoms with E-state index in [1.54, 1.807) is 18.2 Å². The number of rotatable bonds is 4. The summed E-state index contributed by atoms with van der Waals surface area (Å²) in [5, 5.41) is 9.17. The van der Waals surface area contributed by atoms with E-state index in [0.717, 1.165) is 0 Å². The van der Waals surface area contributed by atoms with Gasteiger partial charge in [-0.1, -0.05) is 23.7 Å². The molecule has 2 aromatic rings. The quantitative estimate of drug-likeness (QED) is 0.858. The topological polar surface area (TPSA) is 79.3 Å². The van der Waals surface area contributed by atoms with Gasteiger partial charge < -0.3 is 5.11 Å². The minimum atomic E-state index is -3.81. The fourth-order valence-corrected chi connectivity index (χ4v) is 3.12. The summed E-state index contributed by atoms with van der Waals surface area (Å²) in [6.07, 6.45) is 1.31. The second-order valence-electron chi connectivity index (χ2n) is 3.87. The Balaban J connectivity index is 2.33. The molecular weight excluding hydrogens is 368 g/mol. The molecule has 0 aliphatic rings. The number of halogens is 2. The molecule has 8 heteroatoms. The van der Waals surface area contributed by atoms with Crippen molar-refractivity contribution in [2.75, 3.05) is 4.72 Å². The molecule has 0 radical (unpaired) electrons. The Hall–Kier alpha value is -1.15. The van der Waals surface area contributed by atoms with Gasteiger partial charge in [0.05, 0.1) is 21.8 Å². The molecule has 0 unspecified atom stereocenters. The van der Waals surface area contributed by atoms with Crippen LogP contribution in [0, 0.1) is 0 Å². The zero-order valence-electron chi connectivity index (χ0n) is 10.0. The number of aliphatic hydroxyl groups is 1. The average Bonchev–Trinajstić information content (AvgIpc) is 2.44. The molecule has 0 atom stereocenters. The van der Waals surface area contributed by atoms with Gasteiger partial charge in [0.15, 0.2) is 5.03 Å². The largest absolute Gasteiger partial charge is 0.392 e. The van der Waals surface area contributed by atoms with Crippen molar-refractivity contribution in [3.63, 3.8) is 0 Å². The summed E-state index contributed by atoms with van der Waals surface area (Å²) in [7, 11) is -3.81. The van der Waals surface area contributed by atoms with Crippen LogP contribution in [-0.2, 0) is 16.6 Å². The Morgan fingerprint density at radius 3 is 2.65 bits per heavy atom. The van der Waals surface area contributed by atoms with Crippen molar-refractivity contribution >= 4 is 43.2 Å². The van der Waals surface area contributed by atoms with Gasteiger partial charge in [0.2, 0.25) is 0 Å². The molecular formula is C12H10BrClN2O3S. The normalized spacial score (nSPS) is 11.3. The summed E-state index contributed by atoms with van der Waals surface area (Å²) in [6, 6.07) is 7.67. The van der Waals surface area contributed by atoms with E-state index in [1.807, 2.05) is 0 Å². The summed E-state index contributed by atoms with van der Waals surface area (Å²) in [6.45, 7) is -0.194. The molecule has 2 rings (SSSR count). The van der Waals surface area contributed by atoms with Crippen LogP contribution in [0.4, 0.5) is 5.69 Å². The summed E-state index contributed by atoms with van der Waals surface area (Å²) >= 11 is 9.12. The molecule has 0 aliphatic heterocycles. The summed E-state index contributed by atoms with van der Waals surface area (Å²) < 4.78 is 27.2. The Bertz CT molecular complexity index is 720. The molecule has 5 nitrogen and oxygen atoms in total. The van der Waals surface area contributed by atoms with Crippen molar-refractivity contribution in [2.24, 2.45) is 0 Å². The van der Waals surface area contributed by atoms with Gasteiger partial charge >= 0.3 is 0 Å². The Labute approximate surface area is 129 Å². The Kier molecular flexibility index (Phi) is 4.64. The van der Waals surface area contributed by atoms with Crippen LogP contribution in [0.5, 0.6) is 0 Å². The highest BCUT2D eigenvalue weighted by Gasteiger charge is 2.17. The molecule has 1 heterocycles. The SMILES string of the molecule is O=S(=O)(Nc1cccc(Cl)c1Br)c1ccc(CO)cn1. The van der Waals surface area contributed by atoms with Crippen molar-refractivity contribution in [1.29, 1.82) is 0 Å². The van der Waals surface area contributed by atoms with E-state index in [0.29, 0.717) is 20.7 Å². The zero-order chi connectivity index (χ0) is 14.8. The number of nitrogens with one attached hydrogen (secondary N) is 1. The van der Waals surface area contributed by atoms with E-state index < -0.39 is 10.0 Å². The van der Waals surface area contributed by atoms with Gasteiger partial charge in [0.25, 0.3) is 10.0 Å². The number of aromatic nitrogens is 1. The maximum Gasteiger partial charge on any atom is 0.279 e. The molecule has 0 fully saturated rings. The van der Waals surface area contributed by atoms with Gasteiger partial charge in [-0.15, -0.1) is 0 Å². The van der Waals surface area contributed by atoms with Gasteiger partial charge in [-0.2, -0.15) is 8.42 Å². The number of sulfonamides is 1. The van der Waals surface area contributed by atoms with Crippen LogP contribution in [0.15, 0.2) is 46.0 Å². The second kappa shape index (κ2) is 6.09. The molecule has 0 aliphatic carbocycles. The highest BCUT2D eigenvalue weighted by atomic mass is 79.9. The van der Waals surface area contributed by atoms with Crippen molar-refractivity contribution in [1.82, 2.24) is 4.98 Å². The van der Waals surface area contributed by atoms with Gasteiger partial charge in [-0.3, -0.25) is 4.72 Å². The highest BCUT2D eigenvalue weighted by Crippen LogP contribution is 2.31. The van der Waals surface area contributed by atoms with Crippen LogP contribution < -0.4 is 4.72 Å². The lowest BCUT2D eigenvalue weighted by Crippen LogP contribution is -2.15. The average molecular weight is 378 g/mol. The molecule has 0 amide bonds. The van der Waals surface area contributed by atoms with Gasteiger partial charge in [-0.05, 0) is 39.7 Å². The third-order valence-corrected chi connectivity index (χ3v) is 5.13. The molecule has 1 aromatic carbocycles. The summed E-state index contributed by atoms with van der Waals surface area (Å²) in [5.41, 5.74) is 0.860. The second-order valence-corrected chi connectivity index (χ2v) is 6.70. The van der Waals surface area contributed by atoms with Crippen molar-refractivity contribution < 1.29 is 13.5 Å². The number of anilines is 1. The van der Waals surface area contributed by atoms with Crippen molar-refractivity contribution in [3.8, 4) is 0 Å². The van der Waals surface area contributed by atoms with Crippen LogP contribution in [0.1, 0.15) is 5.56 Å². The number of hydrogen-bond donors (Lipinski definition) is 2. The van der Waals surface area contributed by atoms with Crippen LogP contribution >= 0.6 is 27.5 Å². The Morgan fingerprint density at radius 2 is 2.05 bits per heavy atom. The summed E-state index contributed by atoms with van der Waals surface area (Å²) in [4.78, 5) is 3.81. The maximum atomic E-state index is 12.2. The lowest BCUT2D eigenvalue weighted by Gasteiger charge is -2.10. The monoisotopic (exact) mass is 376 g/mol. The number of benzene rings is 1. The molecule has 0 saturated carbocycles. The number of aliphatic hydroxyl groups excluding tert-OH is 1. The fourth-order valence-electron chi connectivity index (χ4n) is 1.44. The van der Waals surface area contributed by atoms with E-state index in [9.17, 15) is 8.42 Å². The number of hydrogen-bond acceptors (Lipinski definition) is 4. The number of pyridine rings is 1. The van der Waals surface area contributed by atoms with E-state index in [-0.39, 0.29) is 11.6 Å². The first-order chi connectivity index (χ1) is 9.44. The fraction of sp³-hybridized carbons (Fsp3) is 0.0833. The molecule has 0 spiro atoms. The number of nitrogens with zero attached hydrogens (tertiary/aromatic N) is 1. The summed E-state index contributed by atoms with van der Waals surface area (Å²) in [5.74, 6) is 0.